The maximum atomic E-state index is 14.6. The zero-order valence-electron chi connectivity index (χ0n) is 16.3. The first-order valence-corrected chi connectivity index (χ1v) is 9.74. The van der Waals surface area contributed by atoms with Crippen LogP contribution in [0.5, 0.6) is 0 Å². The number of hydrogen-bond donors (Lipinski definition) is 1. The van der Waals surface area contributed by atoms with Crippen LogP contribution in [0.2, 0.25) is 5.02 Å². The third-order valence-corrected chi connectivity index (χ3v) is 5.34. The molecule has 0 aliphatic carbocycles. The van der Waals surface area contributed by atoms with Gasteiger partial charge in [0.2, 0.25) is 0 Å². The van der Waals surface area contributed by atoms with Gasteiger partial charge in [-0.15, -0.1) is 0 Å². The van der Waals surface area contributed by atoms with E-state index in [1.807, 2.05) is 13.0 Å². The van der Waals surface area contributed by atoms with E-state index in [0.717, 1.165) is 22.6 Å². The van der Waals surface area contributed by atoms with Gasteiger partial charge < -0.3 is 5.11 Å². The summed E-state index contributed by atoms with van der Waals surface area (Å²) in [6.07, 6.45) is 0. The number of nitrogens with zero attached hydrogens (tertiary/aromatic N) is 1. The molecule has 3 aromatic rings. The van der Waals surface area contributed by atoms with Crippen LogP contribution in [0.1, 0.15) is 22.7 Å². The van der Waals surface area contributed by atoms with E-state index in [4.69, 9.17) is 11.6 Å². The van der Waals surface area contributed by atoms with E-state index < -0.39 is 35.1 Å². The van der Waals surface area contributed by atoms with Gasteiger partial charge in [0.1, 0.15) is 17.4 Å². The van der Waals surface area contributed by atoms with E-state index >= 15 is 0 Å². The summed E-state index contributed by atoms with van der Waals surface area (Å²) in [6, 6.07) is 14.7. The molecule has 1 aliphatic heterocycles. The highest BCUT2D eigenvalue weighted by atomic mass is 35.5. The highest BCUT2D eigenvalue weighted by Gasteiger charge is 2.47. The smallest absolute Gasteiger partial charge is 0.300 e. The number of Topliss-reactive ketones (excluding diaryl/α,β-unsaturated/α-hetero) is 1. The van der Waals surface area contributed by atoms with Crippen LogP contribution in [0.3, 0.4) is 0 Å². The number of rotatable bonds is 3. The van der Waals surface area contributed by atoms with Gasteiger partial charge >= 0.3 is 0 Å². The molecule has 1 atom stereocenters. The van der Waals surface area contributed by atoms with Gasteiger partial charge in [0.25, 0.3) is 11.7 Å². The minimum atomic E-state index is -1.10. The third-order valence-electron chi connectivity index (χ3n) is 5.09. The number of halogens is 3. The Morgan fingerprint density at radius 2 is 1.71 bits per heavy atom. The molecular formula is C24H16ClF2NO3. The van der Waals surface area contributed by atoms with Crippen molar-refractivity contribution < 1.29 is 23.5 Å². The molecule has 0 saturated carbocycles. The number of carbonyl (C=O) groups excluding carboxylic acids is 2. The summed E-state index contributed by atoms with van der Waals surface area (Å²) in [6.45, 7) is 1.83. The molecule has 4 nitrogen and oxygen atoms in total. The Kier molecular flexibility index (Phi) is 5.33. The fraction of sp³-hybridized carbons (Fsp3) is 0.0833. The van der Waals surface area contributed by atoms with Gasteiger partial charge in [-0.3, -0.25) is 14.5 Å². The summed E-state index contributed by atoms with van der Waals surface area (Å²) in [7, 11) is 0. The van der Waals surface area contributed by atoms with Crippen LogP contribution in [-0.2, 0) is 9.59 Å². The van der Waals surface area contributed by atoms with Crippen molar-refractivity contribution in [3.63, 3.8) is 0 Å². The van der Waals surface area contributed by atoms with E-state index in [0.29, 0.717) is 16.7 Å². The second kappa shape index (κ2) is 7.96. The zero-order valence-corrected chi connectivity index (χ0v) is 17.0. The number of aliphatic hydroxyl groups excluding tert-OH is 1. The third kappa shape index (κ3) is 3.70. The predicted molar refractivity (Wildman–Crippen MR) is 114 cm³/mol. The number of anilines is 1. The van der Waals surface area contributed by atoms with E-state index in [2.05, 4.69) is 0 Å². The van der Waals surface area contributed by atoms with Crippen molar-refractivity contribution in [2.24, 2.45) is 0 Å². The number of hydrogen-bond acceptors (Lipinski definition) is 3. The summed E-state index contributed by atoms with van der Waals surface area (Å²) >= 11 is 5.90. The van der Waals surface area contributed by atoms with Crippen molar-refractivity contribution in [2.45, 2.75) is 13.0 Å². The lowest BCUT2D eigenvalue weighted by atomic mass is 9.94. The number of ketones is 1. The van der Waals surface area contributed by atoms with Crippen molar-refractivity contribution in [3.8, 4) is 0 Å². The number of amides is 1. The molecule has 0 radical (unpaired) electrons. The zero-order chi connectivity index (χ0) is 22.3. The molecule has 1 amide bonds. The van der Waals surface area contributed by atoms with E-state index in [1.165, 1.54) is 24.3 Å². The van der Waals surface area contributed by atoms with Crippen LogP contribution in [0.25, 0.3) is 5.76 Å². The maximum Gasteiger partial charge on any atom is 0.300 e. The van der Waals surface area contributed by atoms with Crippen molar-refractivity contribution in [1.29, 1.82) is 0 Å². The monoisotopic (exact) mass is 439 g/mol. The fourth-order valence-corrected chi connectivity index (χ4v) is 3.80. The van der Waals surface area contributed by atoms with Crippen molar-refractivity contribution in [1.82, 2.24) is 0 Å². The van der Waals surface area contributed by atoms with E-state index in [9.17, 15) is 23.5 Å². The van der Waals surface area contributed by atoms with Gasteiger partial charge in [0, 0.05) is 16.7 Å². The molecule has 1 fully saturated rings. The lowest BCUT2D eigenvalue weighted by Crippen LogP contribution is -2.30. The highest BCUT2D eigenvalue weighted by Crippen LogP contribution is 2.43. The first kappa shape index (κ1) is 20.8. The average molecular weight is 440 g/mol. The predicted octanol–water partition coefficient (Wildman–Crippen LogP) is 5.55. The first-order valence-electron chi connectivity index (χ1n) is 9.36. The number of benzene rings is 3. The van der Waals surface area contributed by atoms with Crippen molar-refractivity contribution >= 4 is 34.7 Å². The second-order valence-electron chi connectivity index (χ2n) is 7.19. The molecule has 1 unspecified atom stereocenters. The van der Waals surface area contributed by atoms with Gasteiger partial charge in [0.15, 0.2) is 0 Å². The largest absolute Gasteiger partial charge is 0.507 e. The Bertz CT molecular complexity index is 1240. The summed E-state index contributed by atoms with van der Waals surface area (Å²) in [5, 5.41) is 11.4. The van der Waals surface area contributed by atoms with Crippen molar-refractivity contribution in [3.05, 3.63) is 106 Å². The van der Waals surface area contributed by atoms with Crippen molar-refractivity contribution in [2.75, 3.05) is 4.90 Å². The van der Waals surface area contributed by atoms with Gasteiger partial charge in [-0.2, -0.15) is 0 Å². The lowest BCUT2D eigenvalue weighted by Gasteiger charge is -2.26. The van der Waals surface area contributed by atoms with Crippen LogP contribution in [0, 0.1) is 18.6 Å². The summed E-state index contributed by atoms with van der Waals surface area (Å²) in [5.74, 6) is -4.21. The summed E-state index contributed by atoms with van der Waals surface area (Å²) in [4.78, 5) is 26.9. The molecule has 7 heteroatoms. The fourth-order valence-electron chi connectivity index (χ4n) is 3.68. The molecular weight excluding hydrogens is 424 g/mol. The Morgan fingerprint density at radius 1 is 1.00 bits per heavy atom. The normalized spacial score (nSPS) is 17.9. The lowest BCUT2D eigenvalue weighted by molar-refractivity contribution is -0.132. The van der Waals surface area contributed by atoms with Crippen LogP contribution in [0.4, 0.5) is 14.5 Å². The minimum absolute atomic E-state index is 0.193. The summed E-state index contributed by atoms with van der Waals surface area (Å²) in [5.41, 5.74) is 1.17. The molecule has 31 heavy (non-hydrogen) atoms. The summed E-state index contributed by atoms with van der Waals surface area (Å²) < 4.78 is 28.1. The molecule has 0 spiro atoms. The quantitative estimate of drug-likeness (QED) is 0.330. The molecule has 1 aliphatic rings. The van der Waals surface area contributed by atoms with Gasteiger partial charge in [-0.25, -0.2) is 8.78 Å². The Labute approximate surface area is 182 Å². The van der Waals surface area contributed by atoms with Crippen LogP contribution < -0.4 is 4.90 Å². The molecule has 3 aromatic carbocycles. The number of aryl methyl sites for hydroxylation is 1. The van der Waals surface area contributed by atoms with Crippen LogP contribution in [0.15, 0.2) is 72.3 Å². The molecule has 1 heterocycles. The molecule has 156 valence electrons. The molecule has 0 bridgehead atoms. The van der Waals surface area contributed by atoms with Crippen LogP contribution in [-0.4, -0.2) is 16.8 Å². The number of aliphatic hydroxyl groups is 1. The first-order chi connectivity index (χ1) is 14.8. The van der Waals surface area contributed by atoms with Crippen LogP contribution >= 0.6 is 11.6 Å². The molecule has 4 rings (SSSR count). The van der Waals surface area contributed by atoms with Gasteiger partial charge in [-0.05, 0) is 48.9 Å². The second-order valence-corrected chi connectivity index (χ2v) is 7.62. The average Bonchev–Trinajstić information content (AvgIpc) is 2.99. The standard InChI is InChI=1S/C24H16ClF2NO3/c1-13-3-2-4-15(11-13)21-20(22(29)14-5-7-16(25)8-6-14)23(30)24(31)28(21)19-10-9-17(26)12-18(19)27/h2-12,21,29H,1H3/b22-20+. The van der Waals surface area contributed by atoms with Gasteiger partial charge in [-0.1, -0.05) is 41.4 Å². The molecule has 1 saturated heterocycles. The van der Waals surface area contributed by atoms with E-state index in [1.54, 1.807) is 18.2 Å². The highest BCUT2D eigenvalue weighted by molar-refractivity contribution is 6.51. The SMILES string of the molecule is Cc1cccc(C2/C(=C(\O)c3ccc(Cl)cc3)C(=O)C(=O)N2c2ccc(F)cc2F)c1. The Hall–Kier alpha value is -3.51. The van der Waals surface area contributed by atoms with E-state index in [-0.39, 0.29) is 16.8 Å². The molecule has 0 aromatic heterocycles. The van der Waals surface area contributed by atoms with Gasteiger partial charge in [0.05, 0.1) is 17.3 Å². The molecule has 1 N–H and O–H groups in total. The minimum Gasteiger partial charge on any atom is -0.507 e. The Balaban J connectivity index is 1.98. The topological polar surface area (TPSA) is 57.6 Å². The Morgan fingerprint density at radius 3 is 2.35 bits per heavy atom. The number of carbonyl (C=O) groups is 2. The maximum absolute atomic E-state index is 14.6.